The first-order valence-corrected chi connectivity index (χ1v) is 11.8. The largest absolute Gasteiger partial charge is 0.493 e. The molecule has 6 nitrogen and oxygen atoms in total. The van der Waals surface area contributed by atoms with Crippen molar-refractivity contribution in [3.05, 3.63) is 107 Å². The second-order valence-corrected chi connectivity index (χ2v) is 8.83. The molecular weight excluding hydrogens is 506 g/mol. The van der Waals surface area contributed by atoms with Gasteiger partial charge in [0.05, 0.1) is 18.1 Å². The van der Waals surface area contributed by atoms with Crippen molar-refractivity contribution in [2.24, 2.45) is 0 Å². The first-order chi connectivity index (χ1) is 17.1. The molecule has 0 atom stereocenters. The van der Waals surface area contributed by atoms with Crippen LogP contribution >= 0.6 is 15.9 Å². The number of H-pyrrole nitrogens is 1. The second kappa shape index (κ2) is 10.0. The lowest BCUT2D eigenvalue weighted by Gasteiger charge is -2.13. The fourth-order valence-electron chi connectivity index (χ4n) is 3.71. The summed E-state index contributed by atoms with van der Waals surface area (Å²) in [5, 5.41) is 2.95. The predicted molar refractivity (Wildman–Crippen MR) is 141 cm³/mol. The number of anilines is 1. The minimum atomic E-state index is -0.246. The molecule has 0 unspecified atom stereocenters. The number of halogens is 1. The number of carbonyl (C=O) groups excluding carboxylic acids is 1. The van der Waals surface area contributed by atoms with Crippen molar-refractivity contribution in [3.63, 3.8) is 0 Å². The normalized spacial score (nSPS) is 10.8. The molecule has 0 aliphatic carbocycles. The molecule has 0 saturated carbocycles. The number of nitrogens with one attached hydrogen (secondary N) is 2. The van der Waals surface area contributed by atoms with Gasteiger partial charge in [-0.2, -0.15) is 0 Å². The molecular formula is C28H22BrN3O3. The summed E-state index contributed by atoms with van der Waals surface area (Å²) < 4.78 is 12.4. The minimum Gasteiger partial charge on any atom is -0.493 e. The summed E-state index contributed by atoms with van der Waals surface area (Å²) in [6.07, 6.45) is 0. The Morgan fingerprint density at radius 1 is 0.943 bits per heavy atom. The molecule has 2 N–H and O–H groups in total. The molecule has 174 valence electrons. The van der Waals surface area contributed by atoms with Gasteiger partial charge in [-0.15, -0.1) is 0 Å². The number of aromatic nitrogens is 2. The molecule has 1 heterocycles. The molecule has 0 aliphatic rings. The van der Waals surface area contributed by atoms with Gasteiger partial charge < -0.3 is 19.8 Å². The van der Waals surface area contributed by atoms with Crippen molar-refractivity contribution in [1.82, 2.24) is 9.97 Å². The van der Waals surface area contributed by atoms with Crippen LogP contribution in [0.5, 0.6) is 11.5 Å². The average Bonchev–Trinajstić information content (AvgIpc) is 3.33. The number of imidazole rings is 1. The average molecular weight is 528 g/mol. The Balaban J connectivity index is 1.30. The zero-order valence-corrected chi connectivity index (χ0v) is 20.5. The number of amides is 1. The fraction of sp³-hybridized carbons (Fsp3) is 0.0714. The quantitative estimate of drug-likeness (QED) is 0.243. The summed E-state index contributed by atoms with van der Waals surface area (Å²) in [4.78, 5) is 20.9. The molecule has 1 aromatic heterocycles. The summed E-state index contributed by atoms with van der Waals surface area (Å²) in [5.74, 6) is 1.56. The number of para-hydroxylation sites is 2. The number of fused-ring (bicyclic) bond motifs is 1. The maximum atomic E-state index is 13.0. The van der Waals surface area contributed by atoms with Crippen LogP contribution in [0.3, 0.4) is 0 Å². The van der Waals surface area contributed by atoms with Crippen LogP contribution in [0.2, 0.25) is 0 Å². The zero-order chi connectivity index (χ0) is 24.2. The highest BCUT2D eigenvalue weighted by molar-refractivity contribution is 9.10. The van der Waals surface area contributed by atoms with E-state index in [9.17, 15) is 4.79 Å². The maximum Gasteiger partial charge on any atom is 0.255 e. The van der Waals surface area contributed by atoms with Gasteiger partial charge in [-0.25, -0.2) is 4.98 Å². The Morgan fingerprint density at radius 2 is 1.77 bits per heavy atom. The van der Waals surface area contributed by atoms with Crippen LogP contribution in [0, 0.1) is 0 Å². The Kier molecular flexibility index (Phi) is 6.50. The first kappa shape index (κ1) is 22.7. The number of methoxy groups -OCH3 is 1. The summed E-state index contributed by atoms with van der Waals surface area (Å²) in [6, 6.07) is 28.5. The monoisotopic (exact) mass is 527 g/mol. The van der Waals surface area contributed by atoms with E-state index in [1.165, 1.54) is 0 Å². The maximum absolute atomic E-state index is 13.0. The highest BCUT2D eigenvalue weighted by Gasteiger charge is 2.13. The molecule has 4 aromatic carbocycles. The van der Waals surface area contributed by atoms with E-state index in [1.807, 2.05) is 72.8 Å². The van der Waals surface area contributed by atoms with Crippen LogP contribution in [0.15, 0.2) is 95.5 Å². The number of ether oxygens (including phenoxy) is 2. The van der Waals surface area contributed by atoms with Gasteiger partial charge in [0.1, 0.15) is 12.4 Å². The predicted octanol–water partition coefficient (Wildman–Crippen LogP) is 6.83. The van der Waals surface area contributed by atoms with Gasteiger partial charge in [-0.05, 0) is 60.2 Å². The van der Waals surface area contributed by atoms with Gasteiger partial charge in [0, 0.05) is 21.3 Å². The molecule has 0 aliphatic heterocycles. The SMILES string of the molecule is COc1cc(C(=O)Nc2cccc(-c3nc4ccccc4[nH]3)c2)ccc1OCc1ccc(Br)cc1. The van der Waals surface area contributed by atoms with Gasteiger partial charge in [0.2, 0.25) is 0 Å². The lowest BCUT2D eigenvalue weighted by Crippen LogP contribution is -2.12. The Labute approximate surface area is 211 Å². The van der Waals surface area contributed by atoms with E-state index in [-0.39, 0.29) is 5.91 Å². The molecule has 1 amide bonds. The molecule has 0 bridgehead atoms. The lowest BCUT2D eigenvalue weighted by atomic mass is 10.1. The summed E-state index contributed by atoms with van der Waals surface area (Å²) in [5.41, 5.74) is 4.90. The third kappa shape index (κ3) is 5.20. The number of benzene rings is 4. The number of hydrogen-bond acceptors (Lipinski definition) is 4. The molecule has 0 saturated heterocycles. The number of hydrogen-bond donors (Lipinski definition) is 2. The first-order valence-electron chi connectivity index (χ1n) is 11.0. The number of nitrogens with zero attached hydrogens (tertiary/aromatic N) is 1. The minimum absolute atomic E-state index is 0.246. The molecule has 0 spiro atoms. The number of rotatable bonds is 7. The molecule has 35 heavy (non-hydrogen) atoms. The van der Waals surface area contributed by atoms with Crippen LogP contribution in [0.4, 0.5) is 5.69 Å². The van der Waals surface area contributed by atoms with Crippen LogP contribution in [-0.2, 0) is 6.61 Å². The van der Waals surface area contributed by atoms with Crippen molar-refractivity contribution in [2.45, 2.75) is 6.61 Å². The van der Waals surface area contributed by atoms with Crippen molar-refractivity contribution < 1.29 is 14.3 Å². The highest BCUT2D eigenvalue weighted by atomic mass is 79.9. The van der Waals surface area contributed by atoms with Gasteiger partial charge >= 0.3 is 0 Å². The van der Waals surface area contributed by atoms with E-state index in [1.54, 1.807) is 25.3 Å². The Morgan fingerprint density at radius 3 is 2.57 bits per heavy atom. The molecule has 0 radical (unpaired) electrons. The van der Waals surface area contributed by atoms with Gasteiger partial charge in [-0.1, -0.05) is 52.3 Å². The number of aromatic amines is 1. The van der Waals surface area contributed by atoms with Crippen molar-refractivity contribution in [2.75, 3.05) is 12.4 Å². The van der Waals surface area contributed by atoms with Crippen molar-refractivity contribution >= 4 is 38.6 Å². The number of carbonyl (C=O) groups is 1. The van der Waals surface area contributed by atoms with E-state index in [2.05, 4.69) is 31.2 Å². The van der Waals surface area contributed by atoms with Gasteiger partial charge in [-0.3, -0.25) is 4.79 Å². The molecule has 0 fully saturated rings. The Bertz CT molecular complexity index is 1460. The molecule has 7 heteroatoms. The third-order valence-corrected chi connectivity index (χ3v) is 6.05. The van der Waals surface area contributed by atoms with E-state index < -0.39 is 0 Å². The smallest absolute Gasteiger partial charge is 0.255 e. The highest BCUT2D eigenvalue weighted by Crippen LogP contribution is 2.30. The standard InChI is InChI=1S/C28H22BrN3O3/c1-34-26-16-20(11-14-25(26)35-17-18-9-12-21(29)13-10-18)28(33)30-22-6-4-5-19(15-22)27-31-23-7-2-3-8-24(23)32-27/h2-16H,17H2,1H3,(H,30,33)(H,31,32). The van der Waals surface area contributed by atoms with Crippen LogP contribution in [-0.4, -0.2) is 23.0 Å². The second-order valence-electron chi connectivity index (χ2n) is 7.92. The fourth-order valence-corrected chi connectivity index (χ4v) is 3.97. The van der Waals surface area contributed by atoms with Gasteiger partial charge in [0.15, 0.2) is 11.5 Å². The summed E-state index contributed by atoms with van der Waals surface area (Å²) in [6.45, 7) is 0.393. The van der Waals surface area contributed by atoms with E-state index >= 15 is 0 Å². The lowest BCUT2D eigenvalue weighted by molar-refractivity contribution is 0.102. The molecule has 5 rings (SSSR count). The van der Waals surface area contributed by atoms with E-state index in [0.717, 1.165) is 32.5 Å². The topological polar surface area (TPSA) is 76.2 Å². The van der Waals surface area contributed by atoms with E-state index in [4.69, 9.17) is 9.47 Å². The molecule has 5 aromatic rings. The van der Waals surface area contributed by atoms with Crippen LogP contribution < -0.4 is 14.8 Å². The van der Waals surface area contributed by atoms with E-state index in [0.29, 0.717) is 29.4 Å². The summed E-state index contributed by atoms with van der Waals surface area (Å²) >= 11 is 3.43. The van der Waals surface area contributed by atoms with Crippen molar-refractivity contribution in [3.8, 4) is 22.9 Å². The Hall–Kier alpha value is -4.10. The summed E-state index contributed by atoms with van der Waals surface area (Å²) in [7, 11) is 1.56. The van der Waals surface area contributed by atoms with Gasteiger partial charge in [0.25, 0.3) is 5.91 Å². The van der Waals surface area contributed by atoms with Crippen LogP contribution in [0.1, 0.15) is 15.9 Å². The zero-order valence-electron chi connectivity index (χ0n) is 18.9. The third-order valence-electron chi connectivity index (χ3n) is 5.52. The van der Waals surface area contributed by atoms with Crippen LogP contribution in [0.25, 0.3) is 22.4 Å². The van der Waals surface area contributed by atoms with Crippen molar-refractivity contribution in [1.29, 1.82) is 0 Å².